The smallest absolute Gasteiger partial charge is 0.266 e. The fraction of sp³-hybridized carbons (Fsp3) is 0.143. The van der Waals surface area contributed by atoms with Crippen molar-refractivity contribution in [1.82, 2.24) is 9.47 Å². The molecule has 3 aromatic rings. The predicted molar refractivity (Wildman–Crippen MR) is 113 cm³/mol. The summed E-state index contributed by atoms with van der Waals surface area (Å²) in [6.07, 6.45) is 4.09. The van der Waals surface area contributed by atoms with Crippen LogP contribution in [0.3, 0.4) is 0 Å². The molecule has 0 saturated carbocycles. The highest BCUT2D eigenvalue weighted by Crippen LogP contribution is 2.34. The first kappa shape index (κ1) is 17.1. The molecule has 0 unspecified atom stereocenters. The second kappa shape index (κ2) is 7.09. The van der Waals surface area contributed by atoms with Crippen LogP contribution in [0.25, 0.3) is 17.0 Å². The van der Waals surface area contributed by atoms with Crippen LogP contribution in [0.15, 0.2) is 65.7 Å². The van der Waals surface area contributed by atoms with Crippen LogP contribution >= 0.6 is 24.0 Å². The number of thioether (sulfide) groups is 1. The molecule has 1 aliphatic rings. The largest absolute Gasteiger partial charge is 0.342 e. The van der Waals surface area contributed by atoms with Crippen LogP contribution in [0.5, 0.6) is 0 Å². The van der Waals surface area contributed by atoms with Gasteiger partial charge < -0.3 is 4.57 Å². The molecule has 26 heavy (non-hydrogen) atoms. The fourth-order valence-corrected chi connectivity index (χ4v) is 4.59. The molecular weight excluding hydrogens is 360 g/mol. The van der Waals surface area contributed by atoms with Crippen LogP contribution in [0.2, 0.25) is 0 Å². The van der Waals surface area contributed by atoms with Crippen LogP contribution < -0.4 is 0 Å². The van der Waals surface area contributed by atoms with E-state index in [0.29, 0.717) is 15.8 Å². The van der Waals surface area contributed by atoms with Gasteiger partial charge in [-0.25, -0.2) is 0 Å². The molecule has 130 valence electrons. The maximum atomic E-state index is 12.5. The third kappa shape index (κ3) is 3.08. The van der Waals surface area contributed by atoms with Crippen LogP contribution in [-0.4, -0.2) is 26.2 Å². The van der Waals surface area contributed by atoms with Gasteiger partial charge in [0, 0.05) is 35.8 Å². The van der Waals surface area contributed by atoms with Crippen molar-refractivity contribution < 1.29 is 4.79 Å². The molecule has 2 aromatic carbocycles. The Morgan fingerprint density at radius 3 is 2.54 bits per heavy atom. The molecule has 0 bridgehead atoms. The van der Waals surface area contributed by atoms with Crippen molar-refractivity contribution in [2.45, 2.75) is 13.5 Å². The Bertz CT molecular complexity index is 1020. The number of carbonyl (C=O) groups excluding carboxylic acids is 1. The zero-order valence-electron chi connectivity index (χ0n) is 14.4. The van der Waals surface area contributed by atoms with E-state index >= 15 is 0 Å². The number of likely N-dealkylation sites (N-methyl/N-ethyl adjacent to an activating group) is 1. The molecule has 0 atom stereocenters. The first-order valence-electron chi connectivity index (χ1n) is 8.54. The van der Waals surface area contributed by atoms with Crippen LogP contribution in [0.4, 0.5) is 0 Å². The second-order valence-corrected chi connectivity index (χ2v) is 7.82. The van der Waals surface area contributed by atoms with Crippen molar-refractivity contribution >= 4 is 51.2 Å². The number of nitrogens with zero attached hydrogens (tertiary/aromatic N) is 2. The Labute approximate surface area is 162 Å². The van der Waals surface area contributed by atoms with E-state index in [9.17, 15) is 4.79 Å². The molecule has 3 nitrogen and oxygen atoms in total. The van der Waals surface area contributed by atoms with Crippen LogP contribution in [0, 0.1) is 0 Å². The topological polar surface area (TPSA) is 25.2 Å². The maximum absolute atomic E-state index is 12.5. The maximum Gasteiger partial charge on any atom is 0.266 e. The average molecular weight is 379 g/mol. The van der Waals surface area contributed by atoms with Crippen molar-refractivity contribution in [1.29, 1.82) is 0 Å². The summed E-state index contributed by atoms with van der Waals surface area (Å²) in [5.74, 6) is 0.00221. The zero-order valence-corrected chi connectivity index (χ0v) is 16.0. The molecule has 1 aliphatic heterocycles. The molecule has 0 N–H and O–H groups in total. The van der Waals surface area contributed by atoms with Gasteiger partial charge in [0.25, 0.3) is 5.91 Å². The molecule has 4 rings (SSSR count). The summed E-state index contributed by atoms with van der Waals surface area (Å²) in [4.78, 5) is 14.9. The molecule has 2 heterocycles. The van der Waals surface area contributed by atoms with Gasteiger partial charge in [0.05, 0.1) is 4.91 Å². The second-order valence-electron chi connectivity index (χ2n) is 6.14. The SMILES string of the molecule is CCN1C(=O)/C(=C\c2cn(Cc3ccccc3)c3ccccc23)SC1=S. The minimum absolute atomic E-state index is 0.00221. The van der Waals surface area contributed by atoms with E-state index in [1.807, 2.05) is 31.2 Å². The number of carbonyl (C=O) groups is 1. The van der Waals surface area contributed by atoms with Gasteiger partial charge in [0.1, 0.15) is 4.32 Å². The van der Waals surface area contributed by atoms with Crippen molar-refractivity contribution in [3.63, 3.8) is 0 Å². The zero-order chi connectivity index (χ0) is 18.1. The highest BCUT2D eigenvalue weighted by molar-refractivity contribution is 8.26. The molecule has 1 aromatic heterocycles. The van der Waals surface area contributed by atoms with E-state index in [1.165, 1.54) is 17.3 Å². The molecular formula is C21H18N2OS2. The molecule has 0 aliphatic carbocycles. The van der Waals surface area contributed by atoms with E-state index in [1.54, 1.807) is 4.90 Å². The van der Waals surface area contributed by atoms with E-state index in [4.69, 9.17) is 12.2 Å². The number of hydrogen-bond acceptors (Lipinski definition) is 3. The van der Waals surface area contributed by atoms with Crippen molar-refractivity contribution in [3.05, 3.63) is 76.8 Å². The number of rotatable bonds is 4. The van der Waals surface area contributed by atoms with E-state index in [2.05, 4.69) is 47.2 Å². The Morgan fingerprint density at radius 1 is 1.08 bits per heavy atom. The minimum atomic E-state index is 0.00221. The lowest BCUT2D eigenvalue weighted by Crippen LogP contribution is -2.27. The van der Waals surface area contributed by atoms with E-state index in [-0.39, 0.29) is 5.91 Å². The number of amides is 1. The Balaban J connectivity index is 1.76. The van der Waals surface area contributed by atoms with Gasteiger partial charge in [0.2, 0.25) is 0 Å². The van der Waals surface area contributed by atoms with E-state index < -0.39 is 0 Å². The molecule has 1 amide bonds. The first-order valence-corrected chi connectivity index (χ1v) is 9.77. The van der Waals surface area contributed by atoms with Gasteiger partial charge >= 0.3 is 0 Å². The van der Waals surface area contributed by atoms with Crippen LogP contribution in [0.1, 0.15) is 18.1 Å². The van der Waals surface area contributed by atoms with Crippen LogP contribution in [-0.2, 0) is 11.3 Å². The molecule has 1 fully saturated rings. The number of para-hydroxylation sites is 1. The number of hydrogen-bond donors (Lipinski definition) is 0. The lowest BCUT2D eigenvalue weighted by atomic mass is 10.1. The summed E-state index contributed by atoms with van der Waals surface area (Å²) in [7, 11) is 0. The highest BCUT2D eigenvalue weighted by Gasteiger charge is 2.30. The third-order valence-electron chi connectivity index (χ3n) is 4.49. The first-order chi connectivity index (χ1) is 12.7. The average Bonchev–Trinajstić information content (AvgIpc) is 3.13. The summed E-state index contributed by atoms with van der Waals surface area (Å²) >= 11 is 6.70. The molecule has 0 spiro atoms. The van der Waals surface area contributed by atoms with E-state index in [0.717, 1.165) is 23.0 Å². The quantitative estimate of drug-likeness (QED) is 0.476. The third-order valence-corrected chi connectivity index (χ3v) is 5.87. The summed E-state index contributed by atoms with van der Waals surface area (Å²) < 4.78 is 2.87. The Hall–Kier alpha value is -2.37. The normalized spacial score (nSPS) is 16.2. The molecule has 5 heteroatoms. The molecule has 0 radical (unpaired) electrons. The van der Waals surface area contributed by atoms with Crippen molar-refractivity contribution in [3.8, 4) is 0 Å². The highest BCUT2D eigenvalue weighted by atomic mass is 32.2. The lowest BCUT2D eigenvalue weighted by molar-refractivity contribution is -0.121. The summed E-state index contributed by atoms with van der Waals surface area (Å²) in [5.41, 5.74) is 3.46. The van der Waals surface area contributed by atoms with Crippen molar-refractivity contribution in [2.24, 2.45) is 0 Å². The van der Waals surface area contributed by atoms with Gasteiger partial charge in [-0.2, -0.15) is 0 Å². The Kier molecular flexibility index (Phi) is 4.66. The summed E-state index contributed by atoms with van der Waals surface area (Å²) in [6, 6.07) is 18.7. The standard InChI is InChI=1S/C21H18N2OS2/c1-2-23-20(24)19(26-21(23)25)12-16-14-22(13-15-8-4-3-5-9-15)18-11-7-6-10-17(16)18/h3-12,14H,2,13H2,1H3/b19-12+. The van der Waals surface area contributed by atoms with Gasteiger partial charge in [-0.3, -0.25) is 9.69 Å². The summed E-state index contributed by atoms with van der Waals surface area (Å²) in [5, 5.41) is 1.14. The van der Waals surface area contributed by atoms with Gasteiger partial charge in [-0.15, -0.1) is 0 Å². The fourth-order valence-electron chi connectivity index (χ4n) is 3.22. The Morgan fingerprint density at radius 2 is 1.81 bits per heavy atom. The monoisotopic (exact) mass is 378 g/mol. The number of aromatic nitrogens is 1. The van der Waals surface area contributed by atoms with Gasteiger partial charge in [-0.05, 0) is 24.6 Å². The van der Waals surface area contributed by atoms with Crippen molar-refractivity contribution in [2.75, 3.05) is 6.54 Å². The number of benzene rings is 2. The number of thiocarbonyl (C=S) groups is 1. The molecule has 1 saturated heterocycles. The summed E-state index contributed by atoms with van der Waals surface area (Å²) in [6.45, 7) is 3.35. The lowest BCUT2D eigenvalue weighted by Gasteiger charge is -2.09. The van der Waals surface area contributed by atoms with Gasteiger partial charge in [-0.1, -0.05) is 72.5 Å². The van der Waals surface area contributed by atoms with Gasteiger partial charge in [0.15, 0.2) is 0 Å². The number of fused-ring (bicyclic) bond motifs is 1. The predicted octanol–water partition coefficient (Wildman–Crippen LogP) is 4.91. The minimum Gasteiger partial charge on any atom is -0.342 e.